The number of aliphatic hydroxyl groups is 2. The van der Waals surface area contributed by atoms with Gasteiger partial charge in [0.1, 0.15) is 11.5 Å². The van der Waals surface area contributed by atoms with Crippen LogP contribution < -0.4 is 11.1 Å². The van der Waals surface area contributed by atoms with Crippen LogP contribution >= 0.6 is 11.8 Å². The van der Waals surface area contributed by atoms with E-state index in [1.165, 1.54) is 17.8 Å². The number of hydrogen-bond acceptors (Lipinski definition) is 6. The first-order valence-electron chi connectivity index (χ1n) is 8.35. The molecule has 6 N–H and O–H groups in total. The minimum absolute atomic E-state index is 0.174. The van der Waals surface area contributed by atoms with Crippen LogP contribution in [0, 0.1) is 5.82 Å². The number of benzene rings is 1. The zero-order valence-corrected chi connectivity index (χ0v) is 16.6. The Morgan fingerprint density at radius 1 is 1.39 bits per heavy atom. The van der Waals surface area contributed by atoms with E-state index in [0.29, 0.717) is 16.6 Å². The van der Waals surface area contributed by atoms with Gasteiger partial charge in [0.05, 0.1) is 29.1 Å². The molecule has 0 radical (unpaired) electrons. The molecule has 1 amide bonds. The van der Waals surface area contributed by atoms with Gasteiger partial charge in [-0.2, -0.15) is 0 Å². The van der Waals surface area contributed by atoms with Gasteiger partial charge in [0.2, 0.25) is 0 Å². The van der Waals surface area contributed by atoms with Crippen LogP contribution in [-0.2, 0) is 0 Å². The number of H-pyrrole nitrogens is 1. The van der Waals surface area contributed by atoms with E-state index in [1.807, 2.05) is 6.26 Å². The summed E-state index contributed by atoms with van der Waals surface area (Å²) < 4.78 is 14.1. The maximum atomic E-state index is 14.1. The van der Waals surface area contributed by atoms with Gasteiger partial charge in [-0.25, -0.2) is 4.39 Å². The van der Waals surface area contributed by atoms with Crippen molar-refractivity contribution in [3.05, 3.63) is 48.2 Å². The van der Waals surface area contributed by atoms with Crippen molar-refractivity contribution in [2.24, 2.45) is 5.73 Å². The van der Waals surface area contributed by atoms with Gasteiger partial charge in [0.25, 0.3) is 5.91 Å². The number of hydrogen-bond donors (Lipinski definition) is 5. The van der Waals surface area contributed by atoms with Crippen molar-refractivity contribution in [3.63, 3.8) is 0 Å². The highest BCUT2D eigenvalue weighted by Crippen LogP contribution is 2.31. The fourth-order valence-corrected chi connectivity index (χ4v) is 2.63. The summed E-state index contributed by atoms with van der Waals surface area (Å²) in [4.78, 5) is 19.4. The van der Waals surface area contributed by atoms with E-state index in [9.17, 15) is 9.18 Å². The largest absolute Gasteiger partial charge is 0.393 e. The maximum Gasteiger partial charge on any atom is 0.267 e. The lowest BCUT2D eigenvalue weighted by Gasteiger charge is -2.10. The van der Waals surface area contributed by atoms with Gasteiger partial charge < -0.3 is 26.2 Å². The lowest BCUT2D eigenvalue weighted by molar-refractivity contribution is 0.0183. The van der Waals surface area contributed by atoms with E-state index in [-0.39, 0.29) is 18.0 Å². The minimum atomic E-state index is -0.903. The molecule has 0 aliphatic carbocycles. The quantitative estimate of drug-likeness (QED) is 0.415. The molecule has 7 nitrogen and oxygen atoms in total. The normalized spacial score (nSPS) is 11.1. The van der Waals surface area contributed by atoms with Gasteiger partial charge in [-0.05, 0) is 44.4 Å². The Balaban J connectivity index is 0.000000409. The lowest BCUT2D eigenvalue weighted by atomic mass is 10.2. The number of nitrogens with two attached hydrogens (primary N) is 1. The van der Waals surface area contributed by atoms with E-state index >= 15 is 0 Å². The van der Waals surface area contributed by atoms with Gasteiger partial charge in [0.15, 0.2) is 0 Å². The average Bonchev–Trinajstić information content (AvgIpc) is 3.02. The van der Waals surface area contributed by atoms with Crippen molar-refractivity contribution in [1.82, 2.24) is 9.97 Å². The number of aromatic nitrogens is 2. The Labute approximate surface area is 166 Å². The molecule has 2 heterocycles. The number of anilines is 2. The number of rotatable bonds is 5. The van der Waals surface area contributed by atoms with Crippen molar-refractivity contribution in [2.45, 2.75) is 24.3 Å². The first kappa shape index (κ1) is 21.7. The van der Waals surface area contributed by atoms with E-state index < -0.39 is 17.3 Å². The monoisotopic (exact) mass is 406 g/mol. The number of primary amides is 1. The standard InChI is InChI=1S/C15H13FN4OS.C4H10O2/c1-22-8-2-3-12(10(16)6-8)20-13-9-7-18-5-4-11(9)19-14(13)15(17)21;1-4(2,6)3-5/h2-7,19-20H,1H3,(H2,17,21);5-6H,3H2,1-2H3. The van der Waals surface area contributed by atoms with Crippen LogP contribution in [0.4, 0.5) is 15.8 Å². The predicted molar refractivity (Wildman–Crippen MR) is 109 cm³/mol. The molecular formula is C19H23FN4O3S. The summed E-state index contributed by atoms with van der Waals surface area (Å²) in [5, 5.41) is 20.3. The third-order valence-corrected chi connectivity index (χ3v) is 4.39. The molecule has 2 aromatic heterocycles. The summed E-state index contributed by atoms with van der Waals surface area (Å²) in [7, 11) is 0. The van der Waals surface area contributed by atoms with Crippen LogP contribution in [-0.4, -0.2) is 44.6 Å². The summed E-state index contributed by atoms with van der Waals surface area (Å²) in [5.41, 5.74) is 6.07. The number of amides is 1. The number of thioether (sulfide) groups is 1. The van der Waals surface area contributed by atoms with Crippen molar-refractivity contribution < 1.29 is 19.4 Å². The number of fused-ring (bicyclic) bond motifs is 1. The topological polar surface area (TPSA) is 124 Å². The summed E-state index contributed by atoms with van der Waals surface area (Å²) in [6.45, 7) is 2.92. The van der Waals surface area contributed by atoms with Gasteiger partial charge in [-0.1, -0.05) is 0 Å². The number of nitrogens with one attached hydrogen (secondary N) is 2. The molecule has 0 unspecified atom stereocenters. The fourth-order valence-electron chi connectivity index (χ4n) is 2.21. The molecule has 0 aliphatic rings. The molecule has 3 rings (SSSR count). The highest BCUT2D eigenvalue weighted by Gasteiger charge is 2.17. The van der Waals surface area contributed by atoms with Gasteiger partial charge in [-0.15, -0.1) is 11.8 Å². The van der Waals surface area contributed by atoms with Gasteiger partial charge >= 0.3 is 0 Å². The molecule has 0 bridgehead atoms. The van der Waals surface area contributed by atoms with Crippen LogP contribution in [0.2, 0.25) is 0 Å². The molecule has 150 valence electrons. The van der Waals surface area contributed by atoms with E-state index in [2.05, 4.69) is 15.3 Å². The molecule has 0 saturated carbocycles. The molecule has 0 atom stereocenters. The van der Waals surface area contributed by atoms with Crippen molar-refractivity contribution in [3.8, 4) is 0 Å². The molecule has 28 heavy (non-hydrogen) atoms. The number of aliphatic hydroxyl groups excluding tert-OH is 1. The van der Waals surface area contributed by atoms with E-state index in [4.69, 9.17) is 15.9 Å². The lowest BCUT2D eigenvalue weighted by Crippen LogP contribution is -2.23. The Hall–Kier alpha value is -2.62. The number of carbonyl (C=O) groups excluding carboxylic acids is 1. The van der Waals surface area contributed by atoms with Crippen LogP contribution in [0.1, 0.15) is 24.3 Å². The second kappa shape index (κ2) is 9.05. The molecule has 0 saturated heterocycles. The summed E-state index contributed by atoms with van der Waals surface area (Å²) in [5.74, 6) is -1.03. The number of halogens is 1. The van der Waals surface area contributed by atoms with Crippen molar-refractivity contribution >= 4 is 39.9 Å². The third kappa shape index (κ3) is 5.44. The smallest absolute Gasteiger partial charge is 0.267 e. The highest BCUT2D eigenvalue weighted by atomic mass is 32.2. The SMILES string of the molecule is CC(C)(O)CO.CSc1ccc(Nc2c(C(N)=O)[nH]c3ccncc23)c(F)c1. The Bertz CT molecular complexity index is 969. The van der Waals surface area contributed by atoms with Crippen LogP contribution in [0.25, 0.3) is 10.9 Å². The minimum Gasteiger partial charge on any atom is -0.393 e. The molecule has 1 aromatic carbocycles. The number of aromatic amines is 1. The third-order valence-electron chi connectivity index (χ3n) is 3.67. The van der Waals surface area contributed by atoms with Gasteiger partial charge in [0, 0.05) is 22.7 Å². The van der Waals surface area contributed by atoms with Crippen molar-refractivity contribution in [2.75, 3.05) is 18.2 Å². The number of pyridine rings is 1. The first-order valence-corrected chi connectivity index (χ1v) is 9.58. The first-order chi connectivity index (χ1) is 13.2. The summed E-state index contributed by atoms with van der Waals surface area (Å²) >= 11 is 1.45. The highest BCUT2D eigenvalue weighted by molar-refractivity contribution is 7.98. The number of carbonyl (C=O) groups is 1. The van der Waals surface area contributed by atoms with Crippen LogP contribution in [0.5, 0.6) is 0 Å². The van der Waals surface area contributed by atoms with Crippen LogP contribution in [0.3, 0.4) is 0 Å². The molecule has 3 aromatic rings. The zero-order chi connectivity index (χ0) is 20.9. The molecular weight excluding hydrogens is 383 g/mol. The Kier molecular flexibility index (Phi) is 7.00. The van der Waals surface area contributed by atoms with E-state index in [0.717, 1.165) is 4.90 Å². The molecule has 9 heteroatoms. The number of nitrogens with zero attached hydrogens (tertiary/aromatic N) is 1. The van der Waals surface area contributed by atoms with Crippen molar-refractivity contribution in [1.29, 1.82) is 0 Å². The second-order valence-corrected chi connectivity index (χ2v) is 7.48. The zero-order valence-electron chi connectivity index (χ0n) is 15.8. The molecule has 0 aliphatic heterocycles. The predicted octanol–water partition coefficient (Wildman–Crippen LogP) is 3.02. The average molecular weight is 406 g/mol. The second-order valence-electron chi connectivity index (χ2n) is 6.60. The summed E-state index contributed by atoms with van der Waals surface area (Å²) in [6, 6.07) is 6.58. The molecule has 0 fully saturated rings. The Morgan fingerprint density at radius 3 is 2.61 bits per heavy atom. The van der Waals surface area contributed by atoms with Crippen LogP contribution in [0.15, 0.2) is 41.6 Å². The van der Waals surface area contributed by atoms with Gasteiger partial charge in [-0.3, -0.25) is 9.78 Å². The Morgan fingerprint density at radius 2 is 2.07 bits per heavy atom. The summed E-state index contributed by atoms with van der Waals surface area (Å²) in [6.07, 6.45) is 5.06. The fraction of sp³-hybridized carbons (Fsp3) is 0.263. The maximum absolute atomic E-state index is 14.1. The van der Waals surface area contributed by atoms with E-state index in [1.54, 1.807) is 44.4 Å². The molecule has 0 spiro atoms.